The lowest BCUT2D eigenvalue weighted by molar-refractivity contribution is 0.103. The van der Waals surface area contributed by atoms with Gasteiger partial charge in [-0.15, -0.1) is 0 Å². The maximum Gasteiger partial charge on any atom is 0.191 e. The van der Waals surface area contributed by atoms with Crippen LogP contribution in [0.5, 0.6) is 0 Å². The Morgan fingerprint density at radius 2 is 1.52 bits per heavy atom. The molecule has 2 heteroatoms. The van der Waals surface area contributed by atoms with E-state index in [2.05, 4.69) is 29.6 Å². The van der Waals surface area contributed by atoms with Crippen molar-refractivity contribution in [3.63, 3.8) is 0 Å². The molecule has 2 nitrogen and oxygen atoms in total. The van der Waals surface area contributed by atoms with Gasteiger partial charge in [0.2, 0.25) is 0 Å². The van der Waals surface area contributed by atoms with Gasteiger partial charge in [0.15, 0.2) is 5.78 Å². The van der Waals surface area contributed by atoms with Gasteiger partial charge in [0, 0.05) is 17.2 Å². The Morgan fingerprint density at radius 3 is 2.28 bits per heavy atom. The van der Waals surface area contributed by atoms with Gasteiger partial charge in [0.1, 0.15) is 0 Å². The summed E-state index contributed by atoms with van der Waals surface area (Å²) in [7, 11) is 0. The molecule has 0 heterocycles. The van der Waals surface area contributed by atoms with Crippen LogP contribution in [0.2, 0.25) is 0 Å². The van der Waals surface area contributed by atoms with Crippen LogP contribution in [0.25, 0.3) is 6.08 Å². The molecule has 4 rings (SSSR count). The number of hydrogen-bond donors (Lipinski definition) is 1. The quantitative estimate of drug-likeness (QED) is 0.609. The van der Waals surface area contributed by atoms with Crippen molar-refractivity contribution >= 4 is 11.9 Å². The highest BCUT2D eigenvalue weighted by Crippen LogP contribution is 2.37. The molecule has 25 heavy (non-hydrogen) atoms. The molecule has 128 valence electrons. The molecule has 1 fully saturated rings. The van der Waals surface area contributed by atoms with E-state index in [-0.39, 0.29) is 11.8 Å². The topological polar surface area (TPSA) is 29.1 Å². The third kappa shape index (κ3) is 3.45. The number of rotatable bonds is 3. The molecule has 0 bridgehead atoms. The van der Waals surface area contributed by atoms with E-state index in [1.54, 1.807) is 0 Å². The highest BCUT2D eigenvalue weighted by molar-refractivity contribution is 6.16. The average Bonchev–Trinajstić information content (AvgIpc) is 2.83. The van der Waals surface area contributed by atoms with Crippen molar-refractivity contribution in [1.82, 2.24) is 5.32 Å². The zero-order valence-corrected chi connectivity index (χ0v) is 14.6. The number of nitrogens with one attached hydrogen (secondary N) is 1. The summed E-state index contributed by atoms with van der Waals surface area (Å²) in [6, 6.07) is 18.8. The summed E-state index contributed by atoms with van der Waals surface area (Å²) in [5.41, 5.74) is 3.97. The van der Waals surface area contributed by atoms with Crippen molar-refractivity contribution in [3.8, 4) is 0 Å². The average molecular weight is 331 g/mol. The van der Waals surface area contributed by atoms with E-state index in [9.17, 15) is 4.79 Å². The van der Waals surface area contributed by atoms with Gasteiger partial charge in [-0.3, -0.25) is 4.79 Å². The number of carbonyl (C=O) groups excluding carboxylic acids is 1. The van der Waals surface area contributed by atoms with Crippen LogP contribution in [-0.4, -0.2) is 11.8 Å². The normalized spacial score (nSPS) is 22.8. The highest BCUT2D eigenvalue weighted by atomic mass is 16.1. The molecule has 0 aliphatic heterocycles. The lowest BCUT2D eigenvalue weighted by Crippen LogP contribution is -2.32. The van der Waals surface area contributed by atoms with Crippen molar-refractivity contribution in [2.45, 2.75) is 50.6 Å². The van der Waals surface area contributed by atoms with Gasteiger partial charge in [-0.2, -0.15) is 0 Å². The van der Waals surface area contributed by atoms with Crippen molar-refractivity contribution in [1.29, 1.82) is 0 Å². The zero-order valence-electron chi connectivity index (χ0n) is 14.6. The van der Waals surface area contributed by atoms with Crippen LogP contribution >= 0.6 is 0 Å². The van der Waals surface area contributed by atoms with E-state index >= 15 is 0 Å². The van der Waals surface area contributed by atoms with Crippen LogP contribution in [0.15, 0.2) is 60.2 Å². The lowest BCUT2D eigenvalue weighted by atomic mass is 10.0. The number of Topliss-reactive ketones (excluding diaryl/α,β-unsaturated/α-hetero) is 1. The van der Waals surface area contributed by atoms with E-state index in [1.165, 1.54) is 38.5 Å². The van der Waals surface area contributed by atoms with Crippen LogP contribution in [0.1, 0.15) is 66.1 Å². The molecule has 2 aromatic carbocycles. The number of hydrogen-bond acceptors (Lipinski definition) is 2. The summed E-state index contributed by atoms with van der Waals surface area (Å²) >= 11 is 0. The van der Waals surface area contributed by atoms with E-state index in [0.29, 0.717) is 6.04 Å². The van der Waals surface area contributed by atoms with E-state index in [0.717, 1.165) is 22.3 Å². The van der Waals surface area contributed by atoms with Crippen LogP contribution in [0, 0.1) is 0 Å². The fourth-order valence-electron chi connectivity index (χ4n) is 4.15. The Morgan fingerprint density at radius 1 is 0.840 bits per heavy atom. The Balaban J connectivity index is 1.68. The SMILES string of the molecule is O=C1/C(=C\c2ccccc2)C(NC2CCCCCC2)c2ccccc21. The molecule has 0 saturated heterocycles. The standard InChI is InChI=1S/C23H25NO/c25-23-20-15-9-8-14-19(20)22(24-18-12-6-1-2-7-13-18)21(23)16-17-10-4-3-5-11-17/h3-5,8-11,14-16,18,22,24H,1-2,6-7,12-13H2/b21-16-. The molecule has 1 atom stereocenters. The maximum absolute atomic E-state index is 13.0. The molecule has 1 N–H and O–H groups in total. The predicted octanol–water partition coefficient (Wildman–Crippen LogP) is 5.32. The van der Waals surface area contributed by atoms with Gasteiger partial charge in [-0.05, 0) is 30.0 Å². The largest absolute Gasteiger partial charge is 0.303 e. The lowest BCUT2D eigenvalue weighted by Gasteiger charge is -2.23. The molecule has 0 radical (unpaired) electrons. The molecule has 0 amide bonds. The number of ketones is 1. The summed E-state index contributed by atoms with van der Waals surface area (Å²) in [4.78, 5) is 13.0. The smallest absolute Gasteiger partial charge is 0.191 e. The van der Waals surface area contributed by atoms with E-state index in [1.807, 2.05) is 36.4 Å². The summed E-state index contributed by atoms with van der Waals surface area (Å²) in [6.45, 7) is 0. The van der Waals surface area contributed by atoms with Gasteiger partial charge in [-0.25, -0.2) is 0 Å². The minimum atomic E-state index is 0.0204. The summed E-state index contributed by atoms with van der Waals surface area (Å²) < 4.78 is 0. The first-order valence-corrected chi connectivity index (χ1v) is 9.49. The first-order valence-electron chi connectivity index (χ1n) is 9.49. The third-order valence-electron chi connectivity index (χ3n) is 5.47. The fourth-order valence-corrected chi connectivity index (χ4v) is 4.15. The Hall–Kier alpha value is -2.19. The molecule has 1 saturated carbocycles. The fraction of sp³-hybridized carbons (Fsp3) is 0.348. The van der Waals surface area contributed by atoms with Crippen LogP contribution in [0.3, 0.4) is 0 Å². The van der Waals surface area contributed by atoms with Crippen LogP contribution < -0.4 is 5.32 Å². The number of fused-ring (bicyclic) bond motifs is 1. The highest BCUT2D eigenvalue weighted by Gasteiger charge is 2.35. The molecular formula is C23H25NO. The van der Waals surface area contributed by atoms with E-state index < -0.39 is 0 Å². The molecule has 0 spiro atoms. The number of carbonyl (C=O) groups is 1. The third-order valence-corrected chi connectivity index (χ3v) is 5.47. The van der Waals surface area contributed by atoms with Gasteiger partial charge in [0.05, 0.1) is 6.04 Å². The van der Waals surface area contributed by atoms with Gasteiger partial charge in [0.25, 0.3) is 0 Å². The zero-order chi connectivity index (χ0) is 17.1. The molecule has 2 aliphatic carbocycles. The summed E-state index contributed by atoms with van der Waals surface area (Å²) in [5, 5.41) is 3.83. The van der Waals surface area contributed by atoms with Gasteiger partial charge in [-0.1, -0.05) is 80.3 Å². The first kappa shape index (κ1) is 16.3. The van der Waals surface area contributed by atoms with Crippen molar-refractivity contribution in [2.75, 3.05) is 0 Å². The molecule has 0 aromatic heterocycles. The molecular weight excluding hydrogens is 306 g/mol. The van der Waals surface area contributed by atoms with Gasteiger partial charge < -0.3 is 5.32 Å². The minimum Gasteiger partial charge on any atom is -0.303 e. The van der Waals surface area contributed by atoms with Crippen molar-refractivity contribution in [3.05, 3.63) is 76.9 Å². The maximum atomic E-state index is 13.0. The Bertz CT molecular complexity index is 770. The summed E-state index contributed by atoms with van der Waals surface area (Å²) in [6.07, 6.45) is 9.75. The van der Waals surface area contributed by atoms with Crippen molar-refractivity contribution < 1.29 is 4.79 Å². The monoisotopic (exact) mass is 331 g/mol. The minimum absolute atomic E-state index is 0.0204. The summed E-state index contributed by atoms with van der Waals surface area (Å²) in [5.74, 6) is 0.172. The predicted molar refractivity (Wildman–Crippen MR) is 103 cm³/mol. The Kier molecular flexibility index (Phi) is 4.80. The molecule has 1 unspecified atom stereocenters. The van der Waals surface area contributed by atoms with Gasteiger partial charge >= 0.3 is 0 Å². The molecule has 2 aliphatic rings. The van der Waals surface area contributed by atoms with Crippen LogP contribution in [0.4, 0.5) is 0 Å². The second-order valence-corrected chi connectivity index (χ2v) is 7.21. The number of benzene rings is 2. The first-order chi connectivity index (χ1) is 12.3. The van der Waals surface area contributed by atoms with Crippen molar-refractivity contribution in [2.24, 2.45) is 0 Å². The van der Waals surface area contributed by atoms with E-state index in [4.69, 9.17) is 0 Å². The Labute approximate surface area is 150 Å². The van der Waals surface area contributed by atoms with Crippen LogP contribution in [-0.2, 0) is 0 Å². The molecule has 2 aromatic rings. The second-order valence-electron chi connectivity index (χ2n) is 7.21. The second kappa shape index (κ2) is 7.37.